The molecule has 0 atom stereocenters. The largest absolute Gasteiger partial charge is 0.346 e. The number of carbonyl (C=O) groups is 2. The zero-order valence-electron chi connectivity index (χ0n) is 17.3. The number of H-pyrrole nitrogens is 1. The lowest BCUT2D eigenvalue weighted by Crippen LogP contribution is -2.43. The van der Waals surface area contributed by atoms with Crippen molar-refractivity contribution in [2.75, 3.05) is 18.4 Å². The molecule has 1 saturated heterocycles. The van der Waals surface area contributed by atoms with Gasteiger partial charge in [0.1, 0.15) is 11.5 Å². The van der Waals surface area contributed by atoms with E-state index < -0.39 is 5.92 Å². The van der Waals surface area contributed by atoms with Crippen LogP contribution in [0.15, 0.2) is 54.2 Å². The standard InChI is InChI=1S/C24H22F2N4O2/c25-24(26)8-11-30(12-9-24)21(31)13-15-1-3-16(4-2-15)19-14-20(29-23(32)17-5-6-17)28-22-18(19)7-10-27-22/h1-5,7,10,14H,6,8-9,11-13H2,(H2,27,28,29,32). The van der Waals surface area contributed by atoms with E-state index in [2.05, 4.69) is 15.3 Å². The number of hydrogen-bond acceptors (Lipinski definition) is 3. The summed E-state index contributed by atoms with van der Waals surface area (Å²) in [7, 11) is 0. The Labute approximate surface area is 183 Å². The summed E-state index contributed by atoms with van der Waals surface area (Å²) in [6.45, 7) is 0.190. The van der Waals surface area contributed by atoms with Crippen LogP contribution in [0.25, 0.3) is 22.2 Å². The summed E-state index contributed by atoms with van der Waals surface area (Å²) >= 11 is 0. The Morgan fingerprint density at radius 3 is 2.53 bits per heavy atom. The van der Waals surface area contributed by atoms with Crippen LogP contribution in [0.5, 0.6) is 0 Å². The van der Waals surface area contributed by atoms with E-state index in [1.54, 1.807) is 6.20 Å². The van der Waals surface area contributed by atoms with Crippen molar-refractivity contribution in [3.63, 3.8) is 0 Å². The fraction of sp³-hybridized carbons (Fsp3) is 0.292. The molecule has 0 radical (unpaired) electrons. The van der Waals surface area contributed by atoms with Gasteiger partial charge in [0.15, 0.2) is 0 Å². The zero-order valence-corrected chi connectivity index (χ0v) is 17.3. The van der Waals surface area contributed by atoms with Crippen molar-refractivity contribution in [1.82, 2.24) is 14.9 Å². The Kier molecular flexibility index (Phi) is 5.00. The van der Waals surface area contributed by atoms with E-state index in [4.69, 9.17) is 0 Å². The van der Waals surface area contributed by atoms with E-state index in [0.717, 1.165) is 27.6 Å². The minimum Gasteiger partial charge on any atom is -0.346 e. The third kappa shape index (κ3) is 4.26. The molecule has 5 rings (SSSR count). The van der Waals surface area contributed by atoms with Gasteiger partial charge in [-0.3, -0.25) is 9.59 Å². The molecule has 2 aromatic heterocycles. The number of aromatic amines is 1. The highest BCUT2D eigenvalue weighted by Crippen LogP contribution is 2.31. The van der Waals surface area contributed by atoms with E-state index in [1.165, 1.54) is 4.90 Å². The van der Waals surface area contributed by atoms with Crippen LogP contribution in [0.1, 0.15) is 24.8 Å². The van der Waals surface area contributed by atoms with E-state index in [1.807, 2.05) is 42.5 Å². The normalized spacial score (nSPS) is 17.2. The summed E-state index contributed by atoms with van der Waals surface area (Å²) in [4.78, 5) is 33.7. The molecule has 1 aliphatic carbocycles. The third-order valence-corrected chi connectivity index (χ3v) is 5.94. The molecule has 0 saturated carbocycles. The quantitative estimate of drug-likeness (QED) is 0.626. The first kappa shape index (κ1) is 20.4. The highest BCUT2D eigenvalue weighted by molar-refractivity contribution is 6.07. The number of hydrogen-bond donors (Lipinski definition) is 2. The lowest BCUT2D eigenvalue weighted by Gasteiger charge is -2.31. The van der Waals surface area contributed by atoms with Crippen LogP contribution in [-0.2, 0) is 16.0 Å². The number of likely N-dealkylation sites (tertiary alicyclic amines) is 1. The number of amides is 2. The molecule has 2 amide bonds. The molecule has 2 N–H and O–H groups in total. The van der Waals surface area contributed by atoms with Crippen LogP contribution in [-0.4, -0.2) is 45.7 Å². The first-order chi connectivity index (χ1) is 15.4. The number of aromatic nitrogens is 2. The molecule has 2 aliphatic rings. The number of nitrogens with zero attached hydrogens (tertiary/aromatic N) is 2. The summed E-state index contributed by atoms with van der Waals surface area (Å²) in [5, 5.41) is 3.76. The molecule has 3 heterocycles. The van der Waals surface area contributed by atoms with Crippen LogP contribution in [0.4, 0.5) is 14.6 Å². The molecule has 32 heavy (non-hydrogen) atoms. The van der Waals surface area contributed by atoms with E-state index >= 15 is 0 Å². The Hall–Kier alpha value is -3.55. The number of piperidine rings is 1. The van der Waals surface area contributed by atoms with Gasteiger partial charge in [-0.15, -0.1) is 0 Å². The molecule has 164 valence electrons. The van der Waals surface area contributed by atoms with E-state index in [0.29, 0.717) is 17.9 Å². The molecular weight excluding hydrogens is 414 g/mol. The summed E-state index contributed by atoms with van der Waals surface area (Å²) in [5.41, 5.74) is 4.08. The van der Waals surface area contributed by atoms with Gasteiger partial charge in [-0.1, -0.05) is 30.3 Å². The zero-order chi connectivity index (χ0) is 22.3. The first-order valence-electron chi connectivity index (χ1n) is 10.6. The topological polar surface area (TPSA) is 78.1 Å². The fourth-order valence-electron chi connectivity index (χ4n) is 3.95. The maximum Gasteiger partial charge on any atom is 0.252 e. The SMILES string of the molecule is O=C(Nc1cc(-c2ccc(CC(=O)N3CCC(F)(F)CC3)cc2)c2cc[nH]c2n1)C1=CC1. The number of halogens is 2. The fourth-order valence-corrected chi connectivity index (χ4v) is 3.95. The van der Waals surface area contributed by atoms with Crippen LogP contribution >= 0.6 is 0 Å². The maximum atomic E-state index is 13.3. The second kappa shape index (κ2) is 7.85. The Bertz CT molecular complexity index is 1220. The van der Waals surface area contributed by atoms with Crippen molar-refractivity contribution >= 4 is 28.7 Å². The highest BCUT2D eigenvalue weighted by Gasteiger charge is 2.35. The molecule has 1 aliphatic heterocycles. The van der Waals surface area contributed by atoms with Crippen LogP contribution in [0, 0.1) is 0 Å². The van der Waals surface area contributed by atoms with Gasteiger partial charge in [-0.25, -0.2) is 13.8 Å². The van der Waals surface area contributed by atoms with Crippen molar-refractivity contribution in [3.8, 4) is 11.1 Å². The Morgan fingerprint density at radius 1 is 1.12 bits per heavy atom. The number of carbonyl (C=O) groups excluding carboxylic acids is 2. The number of anilines is 1. The maximum absolute atomic E-state index is 13.3. The molecule has 3 aromatic rings. The van der Waals surface area contributed by atoms with Gasteiger partial charge in [-0.2, -0.15) is 0 Å². The van der Waals surface area contributed by atoms with Gasteiger partial charge < -0.3 is 15.2 Å². The lowest BCUT2D eigenvalue weighted by atomic mass is 10.0. The Morgan fingerprint density at radius 2 is 1.84 bits per heavy atom. The van der Waals surface area contributed by atoms with Gasteiger partial charge in [0.2, 0.25) is 5.91 Å². The molecular formula is C24H22F2N4O2. The third-order valence-electron chi connectivity index (χ3n) is 5.94. The minimum atomic E-state index is -2.67. The minimum absolute atomic E-state index is 0.0950. The average molecular weight is 436 g/mol. The summed E-state index contributed by atoms with van der Waals surface area (Å²) in [5.74, 6) is -2.47. The van der Waals surface area contributed by atoms with Crippen LogP contribution < -0.4 is 5.32 Å². The molecule has 1 aromatic carbocycles. The van der Waals surface area contributed by atoms with Crippen LogP contribution in [0.2, 0.25) is 0 Å². The predicted octanol–water partition coefficient (Wildman–Crippen LogP) is 4.30. The number of pyridine rings is 1. The van der Waals surface area contributed by atoms with Crippen molar-refractivity contribution in [1.29, 1.82) is 0 Å². The summed E-state index contributed by atoms with van der Waals surface area (Å²) in [6.07, 6.45) is 4.00. The number of rotatable bonds is 5. The lowest BCUT2D eigenvalue weighted by molar-refractivity contribution is -0.136. The van der Waals surface area contributed by atoms with E-state index in [9.17, 15) is 18.4 Å². The van der Waals surface area contributed by atoms with Gasteiger partial charge >= 0.3 is 0 Å². The predicted molar refractivity (Wildman–Crippen MR) is 117 cm³/mol. The molecule has 1 fully saturated rings. The number of benzene rings is 1. The Balaban J connectivity index is 1.33. The first-order valence-corrected chi connectivity index (χ1v) is 10.6. The number of nitrogens with one attached hydrogen (secondary N) is 2. The molecule has 0 spiro atoms. The summed E-state index contributed by atoms with van der Waals surface area (Å²) in [6, 6.07) is 11.4. The molecule has 0 bridgehead atoms. The smallest absolute Gasteiger partial charge is 0.252 e. The molecule has 6 nitrogen and oxygen atoms in total. The summed E-state index contributed by atoms with van der Waals surface area (Å²) < 4.78 is 26.7. The second-order valence-corrected chi connectivity index (χ2v) is 8.29. The number of fused-ring (bicyclic) bond motifs is 1. The van der Waals surface area contributed by atoms with Crippen molar-refractivity contribution < 1.29 is 18.4 Å². The van der Waals surface area contributed by atoms with Gasteiger partial charge in [0, 0.05) is 43.1 Å². The second-order valence-electron chi connectivity index (χ2n) is 8.29. The number of alkyl halides is 2. The van der Waals surface area contributed by atoms with Crippen molar-refractivity contribution in [2.45, 2.75) is 31.6 Å². The van der Waals surface area contributed by atoms with Crippen molar-refractivity contribution in [2.24, 2.45) is 0 Å². The van der Waals surface area contributed by atoms with Crippen LogP contribution in [0.3, 0.4) is 0 Å². The van der Waals surface area contributed by atoms with Gasteiger partial charge in [0.25, 0.3) is 11.8 Å². The molecule has 8 heteroatoms. The number of allylic oxidation sites excluding steroid dienone is 1. The van der Waals surface area contributed by atoms with Crippen molar-refractivity contribution in [3.05, 3.63) is 59.8 Å². The monoisotopic (exact) mass is 436 g/mol. The average Bonchev–Trinajstić information content (AvgIpc) is 3.52. The van der Waals surface area contributed by atoms with E-state index in [-0.39, 0.29) is 44.2 Å². The highest BCUT2D eigenvalue weighted by atomic mass is 19.3. The van der Waals surface area contributed by atoms with Gasteiger partial charge in [0.05, 0.1) is 6.42 Å². The molecule has 0 unspecified atom stereocenters. The van der Waals surface area contributed by atoms with Gasteiger partial charge in [-0.05, 0) is 35.2 Å².